The normalized spacial score (nSPS) is 23.9. The van der Waals surface area contributed by atoms with E-state index in [1.807, 2.05) is 0 Å². The standard InChI is InChI=1S/C10H16N4O3/c1-13-6-9(14(16)17)10(12-13)11-5-7-2-3-8(15)4-7/h6-8,15H,2-5H2,1H3,(H,11,12). The van der Waals surface area contributed by atoms with E-state index < -0.39 is 4.92 Å². The lowest BCUT2D eigenvalue weighted by molar-refractivity contribution is -0.384. The quantitative estimate of drug-likeness (QED) is 0.602. The summed E-state index contributed by atoms with van der Waals surface area (Å²) in [7, 11) is 1.65. The van der Waals surface area contributed by atoms with Crippen LogP contribution < -0.4 is 5.32 Å². The maximum absolute atomic E-state index is 10.8. The molecule has 17 heavy (non-hydrogen) atoms. The number of aliphatic hydroxyl groups excluding tert-OH is 1. The van der Waals surface area contributed by atoms with Crippen LogP contribution in [0.3, 0.4) is 0 Å². The molecule has 2 atom stereocenters. The van der Waals surface area contributed by atoms with Gasteiger partial charge < -0.3 is 10.4 Å². The Bertz CT molecular complexity index is 418. The van der Waals surface area contributed by atoms with Crippen LogP contribution in [0.5, 0.6) is 0 Å². The third-order valence-corrected chi connectivity index (χ3v) is 3.08. The third kappa shape index (κ3) is 2.73. The van der Waals surface area contributed by atoms with Crippen LogP contribution in [0.15, 0.2) is 6.20 Å². The molecule has 2 rings (SSSR count). The smallest absolute Gasteiger partial charge is 0.330 e. The van der Waals surface area contributed by atoms with Gasteiger partial charge >= 0.3 is 5.69 Å². The van der Waals surface area contributed by atoms with Crippen LogP contribution in [0.1, 0.15) is 19.3 Å². The number of aryl methyl sites for hydroxylation is 1. The zero-order valence-electron chi connectivity index (χ0n) is 9.67. The molecule has 2 unspecified atom stereocenters. The lowest BCUT2D eigenvalue weighted by atomic mass is 10.1. The molecule has 0 radical (unpaired) electrons. The lowest BCUT2D eigenvalue weighted by Gasteiger charge is -2.09. The molecule has 0 aromatic carbocycles. The summed E-state index contributed by atoms with van der Waals surface area (Å²) in [5.41, 5.74) is -0.00829. The summed E-state index contributed by atoms with van der Waals surface area (Å²) in [5, 5.41) is 27.1. The van der Waals surface area contributed by atoms with Gasteiger partial charge in [0.1, 0.15) is 6.20 Å². The molecular formula is C10H16N4O3. The first-order valence-electron chi connectivity index (χ1n) is 5.66. The average molecular weight is 240 g/mol. The highest BCUT2D eigenvalue weighted by Crippen LogP contribution is 2.27. The summed E-state index contributed by atoms with van der Waals surface area (Å²) in [6.45, 7) is 0.620. The highest BCUT2D eigenvalue weighted by Gasteiger charge is 2.24. The van der Waals surface area contributed by atoms with Gasteiger partial charge in [0.05, 0.1) is 11.0 Å². The van der Waals surface area contributed by atoms with Gasteiger partial charge in [0.25, 0.3) is 0 Å². The number of rotatable bonds is 4. The van der Waals surface area contributed by atoms with E-state index in [-0.39, 0.29) is 11.8 Å². The average Bonchev–Trinajstić information content (AvgIpc) is 2.82. The fourth-order valence-corrected chi connectivity index (χ4v) is 2.21. The van der Waals surface area contributed by atoms with Crippen molar-refractivity contribution in [3.05, 3.63) is 16.3 Å². The molecule has 0 amide bonds. The lowest BCUT2D eigenvalue weighted by Crippen LogP contribution is -2.13. The molecule has 1 heterocycles. The minimum Gasteiger partial charge on any atom is -0.393 e. The summed E-state index contributed by atoms with van der Waals surface area (Å²) in [6.07, 6.45) is 3.69. The molecule has 0 bridgehead atoms. The first-order chi connectivity index (χ1) is 8.06. The van der Waals surface area contributed by atoms with E-state index in [1.54, 1.807) is 7.05 Å². The molecule has 0 saturated heterocycles. The van der Waals surface area contributed by atoms with E-state index in [9.17, 15) is 15.2 Å². The highest BCUT2D eigenvalue weighted by atomic mass is 16.6. The second-order valence-corrected chi connectivity index (χ2v) is 4.51. The van der Waals surface area contributed by atoms with E-state index in [4.69, 9.17) is 0 Å². The molecule has 0 aliphatic heterocycles. The van der Waals surface area contributed by atoms with Gasteiger partial charge in [-0.2, -0.15) is 0 Å². The second kappa shape index (κ2) is 4.70. The molecule has 94 valence electrons. The van der Waals surface area contributed by atoms with Crippen LogP contribution in [-0.2, 0) is 7.05 Å². The monoisotopic (exact) mass is 240 g/mol. The van der Waals surface area contributed by atoms with Crippen molar-refractivity contribution in [1.29, 1.82) is 0 Å². The summed E-state index contributed by atoms with van der Waals surface area (Å²) in [6, 6.07) is 0. The van der Waals surface area contributed by atoms with Crippen LogP contribution in [0.4, 0.5) is 11.5 Å². The summed E-state index contributed by atoms with van der Waals surface area (Å²) >= 11 is 0. The van der Waals surface area contributed by atoms with E-state index in [1.165, 1.54) is 10.9 Å². The van der Waals surface area contributed by atoms with Crippen LogP contribution in [0.2, 0.25) is 0 Å². The Hall–Kier alpha value is -1.63. The van der Waals surface area contributed by atoms with Crippen molar-refractivity contribution in [2.75, 3.05) is 11.9 Å². The van der Waals surface area contributed by atoms with Crippen molar-refractivity contribution in [3.63, 3.8) is 0 Å². The van der Waals surface area contributed by atoms with Crippen molar-refractivity contribution in [2.24, 2.45) is 13.0 Å². The second-order valence-electron chi connectivity index (χ2n) is 4.51. The Balaban J connectivity index is 1.96. The van der Waals surface area contributed by atoms with Crippen molar-refractivity contribution in [2.45, 2.75) is 25.4 Å². The van der Waals surface area contributed by atoms with Crippen molar-refractivity contribution < 1.29 is 10.0 Å². The number of nitrogens with zero attached hydrogens (tertiary/aromatic N) is 3. The van der Waals surface area contributed by atoms with Gasteiger partial charge in [-0.3, -0.25) is 14.8 Å². The number of anilines is 1. The third-order valence-electron chi connectivity index (χ3n) is 3.08. The van der Waals surface area contributed by atoms with E-state index >= 15 is 0 Å². The summed E-state index contributed by atoms with van der Waals surface area (Å²) in [5.74, 6) is 0.672. The first kappa shape index (κ1) is 11.8. The number of hydrogen-bond acceptors (Lipinski definition) is 5. The van der Waals surface area contributed by atoms with Crippen molar-refractivity contribution in [1.82, 2.24) is 9.78 Å². The topological polar surface area (TPSA) is 93.2 Å². The Labute approximate surface area is 98.6 Å². The Morgan fingerprint density at radius 1 is 1.71 bits per heavy atom. The van der Waals surface area contributed by atoms with Crippen LogP contribution in [0.25, 0.3) is 0 Å². The van der Waals surface area contributed by atoms with E-state index in [0.717, 1.165) is 19.3 Å². The summed E-state index contributed by atoms with van der Waals surface area (Å²) < 4.78 is 1.42. The number of nitro groups is 1. The molecule has 0 spiro atoms. The molecule has 1 aromatic heterocycles. The molecule has 1 aliphatic rings. The maximum Gasteiger partial charge on any atom is 0.330 e. The Kier molecular flexibility index (Phi) is 3.28. The molecular weight excluding hydrogens is 224 g/mol. The molecule has 1 fully saturated rings. The van der Waals surface area contributed by atoms with Crippen LogP contribution in [-0.4, -0.2) is 32.5 Å². The molecule has 1 aliphatic carbocycles. The van der Waals surface area contributed by atoms with Crippen LogP contribution in [0, 0.1) is 16.0 Å². The molecule has 2 N–H and O–H groups in total. The van der Waals surface area contributed by atoms with Gasteiger partial charge in [-0.05, 0) is 25.2 Å². The van der Waals surface area contributed by atoms with Gasteiger partial charge in [-0.15, -0.1) is 5.10 Å². The summed E-state index contributed by atoms with van der Waals surface area (Å²) in [4.78, 5) is 10.3. The Morgan fingerprint density at radius 2 is 2.47 bits per heavy atom. The molecule has 1 saturated carbocycles. The van der Waals surface area contributed by atoms with Crippen molar-refractivity contribution >= 4 is 11.5 Å². The van der Waals surface area contributed by atoms with Crippen LogP contribution >= 0.6 is 0 Å². The predicted molar refractivity (Wildman–Crippen MR) is 61.7 cm³/mol. The molecule has 7 heteroatoms. The Morgan fingerprint density at radius 3 is 3.06 bits per heavy atom. The number of aromatic nitrogens is 2. The van der Waals surface area contributed by atoms with Gasteiger partial charge in [0.15, 0.2) is 0 Å². The predicted octanol–water partition coefficient (Wildman–Crippen LogP) is 0.901. The van der Waals surface area contributed by atoms with E-state index in [2.05, 4.69) is 10.4 Å². The van der Waals surface area contributed by atoms with Gasteiger partial charge in [0.2, 0.25) is 5.82 Å². The minimum absolute atomic E-state index is 0.00829. The first-order valence-corrected chi connectivity index (χ1v) is 5.66. The number of nitrogens with one attached hydrogen (secondary N) is 1. The zero-order chi connectivity index (χ0) is 12.4. The zero-order valence-corrected chi connectivity index (χ0v) is 9.67. The van der Waals surface area contributed by atoms with Gasteiger partial charge in [-0.1, -0.05) is 0 Å². The maximum atomic E-state index is 10.8. The molecule has 7 nitrogen and oxygen atoms in total. The SMILES string of the molecule is Cn1cc([N+](=O)[O-])c(NCC2CCC(O)C2)n1. The van der Waals surface area contributed by atoms with Crippen molar-refractivity contribution in [3.8, 4) is 0 Å². The van der Waals surface area contributed by atoms with Gasteiger partial charge in [0, 0.05) is 13.6 Å². The highest BCUT2D eigenvalue weighted by molar-refractivity contribution is 5.54. The van der Waals surface area contributed by atoms with E-state index in [0.29, 0.717) is 18.3 Å². The van der Waals surface area contributed by atoms with Gasteiger partial charge in [-0.25, -0.2) is 0 Å². The molecule has 1 aromatic rings. The minimum atomic E-state index is -0.446. The largest absolute Gasteiger partial charge is 0.393 e. The number of aliphatic hydroxyl groups is 1. The fraction of sp³-hybridized carbons (Fsp3) is 0.700. The fourth-order valence-electron chi connectivity index (χ4n) is 2.21. The number of hydrogen-bond donors (Lipinski definition) is 2.